The van der Waals surface area contributed by atoms with Crippen LogP contribution >= 0.6 is 0 Å². The van der Waals surface area contributed by atoms with Gasteiger partial charge in [-0.3, -0.25) is 0 Å². The van der Waals surface area contributed by atoms with Crippen molar-refractivity contribution in [1.29, 1.82) is 0 Å². The lowest BCUT2D eigenvalue weighted by atomic mass is 10.1. The third-order valence-electron chi connectivity index (χ3n) is 3.62. The Kier molecular flexibility index (Phi) is 3.83. The number of hydrogen-bond donors (Lipinski definition) is 0. The first-order chi connectivity index (χ1) is 10.7. The van der Waals surface area contributed by atoms with Gasteiger partial charge in [0.05, 0.1) is 18.2 Å². The molecule has 0 saturated heterocycles. The molecule has 0 unspecified atom stereocenters. The molecule has 0 aliphatic carbocycles. The van der Waals surface area contributed by atoms with Crippen molar-refractivity contribution >= 4 is 16.9 Å². The summed E-state index contributed by atoms with van der Waals surface area (Å²) < 4.78 is 12.7. The fraction of sp³-hybridized carbons (Fsp3) is 0.167. The van der Waals surface area contributed by atoms with E-state index in [0.29, 0.717) is 17.9 Å². The summed E-state index contributed by atoms with van der Waals surface area (Å²) in [6, 6.07) is 15.5. The molecule has 0 aliphatic rings. The van der Waals surface area contributed by atoms with Crippen LogP contribution in [0.2, 0.25) is 0 Å². The van der Waals surface area contributed by atoms with Crippen LogP contribution < -0.4 is 4.74 Å². The summed E-state index contributed by atoms with van der Waals surface area (Å²) in [5.41, 5.74) is 2.50. The van der Waals surface area contributed by atoms with Crippen molar-refractivity contribution in [2.75, 3.05) is 7.11 Å². The molecule has 0 fully saturated rings. The summed E-state index contributed by atoms with van der Waals surface area (Å²) in [5, 5.41) is 0.978. The third kappa shape index (κ3) is 2.68. The van der Waals surface area contributed by atoms with Gasteiger partial charge in [0.25, 0.3) is 0 Å². The predicted molar refractivity (Wildman–Crippen MR) is 85.0 cm³/mol. The fourth-order valence-electron chi connectivity index (χ4n) is 2.43. The number of methoxy groups -OCH3 is 1. The Morgan fingerprint density at radius 2 is 1.91 bits per heavy atom. The van der Waals surface area contributed by atoms with E-state index in [1.54, 1.807) is 6.07 Å². The van der Waals surface area contributed by atoms with E-state index in [4.69, 9.17) is 9.47 Å². The van der Waals surface area contributed by atoms with Gasteiger partial charge < -0.3 is 14.0 Å². The topological polar surface area (TPSA) is 40.5 Å². The Morgan fingerprint density at radius 3 is 2.64 bits per heavy atom. The van der Waals surface area contributed by atoms with Crippen LogP contribution in [0.3, 0.4) is 0 Å². The molecule has 2 aromatic carbocycles. The van der Waals surface area contributed by atoms with Gasteiger partial charge in [0.1, 0.15) is 12.4 Å². The van der Waals surface area contributed by atoms with Crippen molar-refractivity contribution < 1.29 is 14.3 Å². The second-order valence-corrected chi connectivity index (χ2v) is 5.10. The molecule has 1 aromatic heterocycles. The maximum atomic E-state index is 11.8. The van der Waals surface area contributed by atoms with Gasteiger partial charge >= 0.3 is 5.97 Å². The summed E-state index contributed by atoms with van der Waals surface area (Å²) in [5.74, 6) is 0.315. The minimum Gasteiger partial charge on any atom is -0.488 e. The zero-order valence-electron chi connectivity index (χ0n) is 12.6. The molecule has 112 valence electrons. The van der Waals surface area contributed by atoms with Gasteiger partial charge in [0.2, 0.25) is 0 Å². The highest BCUT2D eigenvalue weighted by atomic mass is 16.5. The fourth-order valence-corrected chi connectivity index (χ4v) is 2.43. The molecule has 0 spiro atoms. The van der Waals surface area contributed by atoms with Crippen LogP contribution in [0.25, 0.3) is 10.9 Å². The summed E-state index contributed by atoms with van der Waals surface area (Å²) >= 11 is 0. The largest absolute Gasteiger partial charge is 0.488 e. The van der Waals surface area contributed by atoms with E-state index in [-0.39, 0.29) is 5.97 Å². The Balaban J connectivity index is 1.98. The number of benzene rings is 2. The lowest BCUT2D eigenvalue weighted by molar-refractivity contribution is 0.0600. The van der Waals surface area contributed by atoms with Crippen molar-refractivity contribution in [2.24, 2.45) is 7.05 Å². The summed E-state index contributed by atoms with van der Waals surface area (Å²) in [6.45, 7) is 0.454. The molecule has 0 amide bonds. The second kappa shape index (κ2) is 5.93. The predicted octanol–water partition coefficient (Wildman–Crippen LogP) is 3.54. The van der Waals surface area contributed by atoms with Crippen LogP contribution in [0.4, 0.5) is 0 Å². The summed E-state index contributed by atoms with van der Waals surface area (Å²) in [4.78, 5) is 11.8. The van der Waals surface area contributed by atoms with E-state index in [1.807, 2.05) is 60.3 Å². The smallest absolute Gasteiger partial charge is 0.338 e. The molecule has 0 aliphatic heterocycles. The van der Waals surface area contributed by atoms with Gasteiger partial charge in [0.15, 0.2) is 0 Å². The van der Waals surface area contributed by atoms with Gasteiger partial charge in [-0.25, -0.2) is 4.79 Å². The molecule has 4 nitrogen and oxygen atoms in total. The van der Waals surface area contributed by atoms with Gasteiger partial charge in [-0.1, -0.05) is 30.3 Å². The maximum Gasteiger partial charge on any atom is 0.338 e. The zero-order chi connectivity index (χ0) is 15.5. The number of rotatable bonds is 4. The lowest BCUT2D eigenvalue weighted by Gasteiger charge is -2.10. The molecule has 1 heterocycles. The van der Waals surface area contributed by atoms with Crippen molar-refractivity contribution in [1.82, 2.24) is 4.57 Å². The summed E-state index contributed by atoms with van der Waals surface area (Å²) in [6.07, 6.45) is 1.95. The molecule has 3 aromatic rings. The van der Waals surface area contributed by atoms with Crippen LogP contribution in [0.15, 0.2) is 54.7 Å². The number of esters is 1. The van der Waals surface area contributed by atoms with E-state index in [0.717, 1.165) is 16.5 Å². The Bertz CT molecular complexity index is 806. The number of fused-ring (bicyclic) bond motifs is 1. The molecular weight excluding hydrogens is 278 g/mol. The molecule has 3 rings (SSSR count). The average Bonchev–Trinajstić information content (AvgIpc) is 2.94. The normalized spacial score (nSPS) is 10.6. The molecular formula is C18H17NO3. The van der Waals surface area contributed by atoms with E-state index in [2.05, 4.69) is 0 Å². The van der Waals surface area contributed by atoms with Crippen LogP contribution in [-0.2, 0) is 18.4 Å². The first kappa shape index (κ1) is 14.2. The molecule has 0 bridgehead atoms. The van der Waals surface area contributed by atoms with E-state index in [9.17, 15) is 4.79 Å². The number of carbonyl (C=O) groups excluding carboxylic acids is 1. The minimum atomic E-state index is -0.368. The number of ether oxygens (including phenoxy) is 2. The van der Waals surface area contributed by atoms with Gasteiger partial charge in [-0.15, -0.1) is 0 Å². The Labute approximate surface area is 128 Å². The van der Waals surface area contributed by atoms with Crippen molar-refractivity contribution in [3.8, 4) is 5.75 Å². The summed E-state index contributed by atoms with van der Waals surface area (Å²) in [7, 11) is 3.31. The minimum absolute atomic E-state index is 0.368. The van der Waals surface area contributed by atoms with Crippen molar-refractivity contribution in [2.45, 2.75) is 6.61 Å². The molecule has 0 atom stereocenters. The number of aryl methyl sites for hydroxylation is 1. The number of aromatic nitrogens is 1. The van der Waals surface area contributed by atoms with E-state index < -0.39 is 0 Å². The first-order valence-electron chi connectivity index (χ1n) is 7.03. The monoisotopic (exact) mass is 295 g/mol. The van der Waals surface area contributed by atoms with Crippen LogP contribution in [-0.4, -0.2) is 17.6 Å². The first-order valence-corrected chi connectivity index (χ1v) is 7.03. The zero-order valence-corrected chi connectivity index (χ0v) is 12.6. The van der Waals surface area contributed by atoms with Crippen LogP contribution in [0, 0.1) is 0 Å². The second-order valence-electron chi connectivity index (χ2n) is 5.10. The van der Waals surface area contributed by atoms with E-state index >= 15 is 0 Å². The maximum absolute atomic E-state index is 11.8. The third-order valence-corrected chi connectivity index (χ3v) is 3.62. The van der Waals surface area contributed by atoms with Gasteiger partial charge in [-0.2, -0.15) is 0 Å². The standard InChI is InChI=1S/C18H17NO3/c1-19-9-8-15-16(19)10-14(18(20)21-2)11-17(15)22-12-13-6-4-3-5-7-13/h3-11H,12H2,1-2H3. The van der Waals surface area contributed by atoms with Gasteiger partial charge in [-0.05, 0) is 23.8 Å². The quantitative estimate of drug-likeness (QED) is 0.691. The molecule has 22 heavy (non-hydrogen) atoms. The van der Waals surface area contributed by atoms with Crippen LogP contribution in [0.1, 0.15) is 15.9 Å². The molecule has 0 N–H and O–H groups in total. The molecule has 0 radical (unpaired) electrons. The van der Waals surface area contributed by atoms with E-state index in [1.165, 1.54) is 7.11 Å². The van der Waals surface area contributed by atoms with Gasteiger partial charge in [0, 0.05) is 18.6 Å². The highest BCUT2D eigenvalue weighted by Gasteiger charge is 2.13. The SMILES string of the molecule is COC(=O)c1cc(OCc2ccccc2)c2ccn(C)c2c1. The lowest BCUT2D eigenvalue weighted by Crippen LogP contribution is -2.03. The highest BCUT2D eigenvalue weighted by Crippen LogP contribution is 2.29. The number of carbonyl (C=O) groups is 1. The Hall–Kier alpha value is -2.75. The van der Waals surface area contributed by atoms with Crippen molar-refractivity contribution in [3.63, 3.8) is 0 Å². The number of hydrogen-bond acceptors (Lipinski definition) is 3. The molecule has 4 heteroatoms. The van der Waals surface area contributed by atoms with Crippen molar-refractivity contribution in [3.05, 3.63) is 65.9 Å². The Morgan fingerprint density at radius 1 is 1.14 bits per heavy atom. The van der Waals surface area contributed by atoms with Crippen LogP contribution in [0.5, 0.6) is 5.75 Å². The highest BCUT2D eigenvalue weighted by molar-refractivity contribution is 5.97. The number of nitrogens with zero attached hydrogens (tertiary/aromatic N) is 1. The average molecular weight is 295 g/mol. The molecule has 0 saturated carbocycles.